The van der Waals surface area contributed by atoms with Crippen molar-refractivity contribution >= 4 is 28.4 Å². The van der Waals surface area contributed by atoms with Crippen molar-refractivity contribution in [2.24, 2.45) is 10.1 Å². The Labute approximate surface area is 158 Å². The van der Waals surface area contributed by atoms with E-state index >= 15 is 0 Å². The van der Waals surface area contributed by atoms with Crippen LogP contribution in [0, 0.1) is 0 Å². The molecule has 9 nitrogen and oxygen atoms in total. The lowest BCUT2D eigenvalue weighted by molar-refractivity contribution is 0.0880. The van der Waals surface area contributed by atoms with Gasteiger partial charge in [0.2, 0.25) is 0 Å². The molecule has 1 amide bonds. The minimum Gasteiger partial charge on any atom is -0.490 e. The number of anilines is 1. The number of carbonyl (C=O) groups is 1. The zero-order valence-corrected chi connectivity index (χ0v) is 15.7. The Morgan fingerprint density at radius 1 is 1.30 bits per heavy atom. The van der Waals surface area contributed by atoms with Gasteiger partial charge in [-0.15, -0.1) is 4.40 Å². The van der Waals surface area contributed by atoms with Gasteiger partial charge in [0, 0.05) is 18.0 Å². The summed E-state index contributed by atoms with van der Waals surface area (Å²) in [5, 5.41) is 2.90. The van der Waals surface area contributed by atoms with E-state index in [1.54, 1.807) is 42.7 Å². The predicted molar refractivity (Wildman–Crippen MR) is 105 cm³/mol. The highest BCUT2D eigenvalue weighted by Crippen LogP contribution is 2.46. The zero-order chi connectivity index (χ0) is 19.7. The first-order chi connectivity index (χ1) is 12.7. The lowest BCUT2D eigenvalue weighted by Crippen LogP contribution is -2.48. The minimum absolute atomic E-state index is 0.0297. The van der Waals surface area contributed by atoms with Crippen molar-refractivity contribution < 1.29 is 18.6 Å². The second kappa shape index (κ2) is 7.06. The highest BCUT2D eigenvalue weighted by molar-refractivity contribution is 8.24. The number of ether oxygens (including phenoxy) is 1. The molecule has 0 aliphatic carbocycles. The van der Waals surface area contributed by atoms with Crippen LogP contribution in [0.15, 0.2) is 47.1 Å². The number of amides is 1. The summed E-state index contributed by atoms with van der Waals surface area (Å²) >= 11 is 0. The zero-order valence-electron chi connectivity index (χ0n) is 14.8. The number of hydrogen-bond acceptors (Lipinski definition) is 8. The SMILES string of the molecule is CC(C)(COc1cccc2c1C(N)=NS(O)(O)N2)NC(=O)c1ccncc1. The smallest absolute Gasteiger partial charge is 0.251 e. The molecule has 0 atom stereocenters. The number of carbonyl (C=O) groups excluding carboxylic acids is 1. The molecular weight excluding hydrogens is 370 g/mol. The molecule has 144 valence electrons. The molecule has 0 saturated heterocycles. The predicted octanol–water partition coefficient (Wildman–Crippen LogP) is 2.38. The number of pyridine rings is 1. The maximum atomic E-state index is 12.3. The van der Waals surface area contributed by atoms with Gasteiger partial charge in [0.05, 0.1) is 16.8 Å². The van der Waals surface area contributed by atoms with E-state index in [4.69, 9.17) is 10.5 Å². The molecule has 0 unspecified atom stereocenters. The minimum atomic E-state index is -3.36. The van der Waals surface area contributed by atoms with Gasteiger partial charge >= 0.3 is 0 Å². The summed E-state index contributed by atoms with van der Waals surface area (Å²) in [7, 11) is -3.36. The van der Waals surface area contributed by atoms with E-state index in [9.17, 15) is 13.9 Å². The monoisotopic (exact) mass is 391 g/mol. The van der Waals surface area contributed by atoms with Crippen LogP contribution in [-0.2, 0) is 0 Å². The molecule has 1 aliphatic heterocycles. The second-order valence-corrected chi connectivity index (χ2v) is 8.06. The first-order valence-electron chi connectivity index (χ1n) is 8.07. The summed E-state index contributed by atoms with van der Waals surface area (Å²) in [6.07, 6.45) is 3.10. The molecule has 2 aromatic rings. The molecule has 0 bridgehead atoms. The first kappa shape index (κ1) is 19.0. The van der Waals surface area contributed by atoms with Crippen LogP contribution in [0.25, 0.3) is 0 Å². The summed E-state index contributed by atoms with van der Waals surface area (Å²) in [5.74, 6) is 0.151. The number of fused-ring (bicyclic) bond motifs is 1. The van der Waals surface area contributed by atoms with Gasteiger partial charge in [-0.05, 0) is 49.1 Å². The maximum absolute atomic E-state index is 12.3. The van der Waals surface area contributed by atoms with Crippen molar-refractivity contribution in [2.75, 3.05) is 11.3 Å². The lowest BCUT2D eigenvalue weighted by Gasteiger charge is -2.34. The van der Waals surface area contributed by atoms with Crippen LogP contribution in [0.4, 0.5) is 5.69 Å². The second-order valence-electron chi connectivity index (χ2n) is 6.64. The van der Waals surface area contributed by atoms with Crippen molar-refractivity contribution in [3.63, 3.8) is 0 Å². The number of amidine groups is 1. The lowest BCUT2D eigenvalue weighted by atomic mass is 10.1. The fraction of sp³-hybridized carbons (Fsp3) is 0.235. The van der Waals surface area contributed by atoms with Gasteiger partial charge in [-0.2, -0.15) is 0 Å². The number of nitrogens with two attached hydrogens (primary N) is 1. The molecule has 27 heavy (non-hydrogen) atoms. The van der Waals surface area contributed by atoms with E-state index in [1.165, 1.54) is 0 Å². The molecule has 10 heteroatoms. The normalized spacial score (nSPS) is 16.4. The van der Waals surface area contributed by atoms with E-state index in [0.29, 0.717) is 22.6 Å². The Hall–Kier alpha value is -2.82. The molecule has 1 aromatic carbocycles. The van der Waals surface area contributed by atoms with Crippen LogP contribution >= 0.6 is 11.0 Å². The quantitative estimate of drug-likeness (QED) is 0.527. The summed E-state index contributed by atoms with van der Waals surface area (Å²) in [6.45, 7) is 3.81. The molecule has 1 aromatic heterocycles. The molecule has 1 aliphatic rings. The van der Waals surface area contributed by atoms with Gasteiger partial charge in [0.1, 0.15) is 12.4 Å². The number of benzene rings is 1. The van der Waals surface area contributed by atoms with Crippen molar-refractivity contribution in [1.29, 1.82) is 0 Å². The fourth-order valence-corrected chi connectivity index (χ4v) is 3.41. The van der Waals surface area contributed by atoms with Gasteiger partial charge in [-0.1, -0.05) is 6.07 Å². The fourth-order valence-electron chi connectivity index (χ4n) is 2.53. The number of nitrogens with zero attached hydrogens (tertiary/aromatic N) is 2. The first-order valence-corrected chi connectivity index (χ1v) is 9.57. The molecule has 2 heterocycles. The van der Waals surface area contributed by atoms with E-state index in [1.807, 2.05) is 13.8 Å². The van der Waals surface area contributed by atoms with E-state index in [2.05, 4.69) is 19.4 Å². The third-order valence-corrected chi connectivity index (χ3v) is 4.68. The number of aromatic nitrogens is 1. The standard InChI is InChI=1S/C17H21N5O4S/c1-17(2,20-16(23)11-6-8-19-9-7-11)10-26-13-5-3-4-12-14(13)15(18)22-27(24,25)21-12/h3-9,21,24-25H,10H2,1-2H3,(H2,18,22)(H,20,23). The molecule has 3 rings (SSSR count). The van der Waals surface area contributed by atoms with E-state index in [0.717, 1.165) is 0 Å². The van der Waals surface area contributed by atoms with Crippen molar-refractivity contribution in [1.82, 2.24) is 10.3 Å². The number of hydrogen-bond donors (Lipinski definition) is 5. The van der Waals surface area contributed by atoms with Crippen LogP contribution in [0.2, 0.25) is 0 Å². The van der Waals surface area contributed by atoms with Gasteiger partial charge in [0.15, 0.2) is 5.84 Å². The topological polar surface area (TPSA) is 142 Å². The molecule has 6 N–H and O–H groups in total. The van der Waals surface area contributed by atoms with Gasteiger partial charge in [-0.25, -0.2) is 0 Å². The summed E-state index contributed by atoms with van der Waals surface area (Å²) in [5.41, 5.74) is 6.55. The largest absolute Gasteiger partial charge is 0.490 e. The Balaban J connectivity index is 1.73. The Bertz CT molecular complexity index is 886. The van der Waals surface area contributed by atoms with Crippen LogP contribution in [0.3, 0.4) is 0 Å². The molecule has 0 radical (unpaired) electrons. The third kappa shape index (κ3) is 4.48. The van der Waals surface area contributed by atoms with E-state index in [-0.39, 0.29) is 18.3 Å². The van der Waals surface area contributed by atoms with Crippen LogP contribution in [0.5, 0.6) is 5.75 Å². The van der Waals surface area contributed by atoms with Crippen molar-refractivity contribution in [2.45, 2.75) is 19.4 Å². The number of nitrogens with one attached hydrogen (secondary N) is 2. The van der Waals surface area contributed by atoms with Crippen LogP contribution in [0.1, 0.15) is 29.8 Å². The van der Waals surface area contributed by atoms with Gasteiger partial charge in [-0.3, -0.25) is 23.6 Å². The Kier molecular flexibility index (Phi) is 4.96. The summed E-state index contributed by atoms with van der Waals surface area (Å²) in [6, 6.07) is 8.29. The average Bonchev–Trinajstić information content (AvgIpc) is 2.59. The highest BCUT2D eigenvalue weighted by Gasteiger charge is 2.27. The highest BCUT2D eigenvalue weighted by atomic mass is 32.3. The molecule has 0 saturated carbocycles. The Morgan fingerprint density at radius 2 is 2.00 bits per heavy atom. The van der Waals surface area contributed by atoms with E-state index < -0.39 is 16.5 Å². The van der Waals surface area contributed by atoms with Gasteiger partial charge in [0.25, 0.3) is 5.91 Å². The average molecular weight is 391 g/mol. The Morgan fingerprint density at radius 3 is 2.70 bits per heavy atom. The van der Waals surface area contributed by atoms with Crippen LogP contribution < -0.4 is 20.5 Å². The maximum Gasteiger partial charge on any atom is 0.251 e. The summed E-state index contributed by atoms with van der Waals surface area (Å²) in [4.78, 5) is 16.2. The van der Waals surface area contributed by atoms with Gasteiger partial charge < -0.3 is 15.8 Å². The third-order valence-electron chi connectivity index (χ3n) is 3.74. The van der Waals surface area contributed by atoms with Crippen LogP contribution in [-0.4, -0.2) is 38.0 Å². The number of rotatable bonds is 5. The summed E-state index contributed by atoms with van der Waals surface area (Å²) < 4.78 is 31.5. The molecule has 0 spiro atoms. The molecule has 0 fully saturated rings. The van der Waals surface area contributed by atoms with Crippen molar-refractivity contribution in [3.8, 4) is 5.75 Å². The van der Waals surface area contributed by atoms with Crippen molar-refractivity contribution in [3.05, 3.63) is 53.9 Å². The molecular formula is C17H21N5O4S.